The van der Waals surface area contributed by atoms with Gasteiger partial charge >= 0.3 is 0 Å². The van der Waals surface area contributed by atoms with E-state index in [0.29, 0.717) is 17.7 Å². The Morgan fingerprint density at radius 3 is 3.06 bits per heavy atom. The van der Waals surface area contributed by atoms with E-state index < -0.39 is 6.01 Å². The van der Waals surface area contributed by atoms with Crippen LogP contribution in [0.25, 0.3) is 11.2 Å². The molecule has 0 bridgehead atoms. The first kappa shape index (κ1) is 12.2. The van der Waals surface area contributed by atoms with E-state index in [0.717, 1.165) is 19.3 Å². The summed E-state index contributed by atoms with van der Waals surface area (Å²) in [6.45, 7) is 2.68. The maximum absolute atomic E-state index is 11.9. The Labute approximate surface area is 103 Å². The van der Waals surface area contributed by atoms with Crippen LogP contribution in [0, 0.1) is 5.53 Å². The molecule has 2 N–H and O–H groups in total. The lowest BCUT2D eigenvalue weighted by atomic mass is 10.2. The van der Waals surface area contributed by atoms with Crippen molar-refractivity contribution in [2.45, 2.75) is 32.7 Å². The number of hydrogen-bond donors (Lipinski definition) is 2. The van der Waals surface area contributed by atoms with E-state index in [2.05, 4.69) is 32.2 Å². The molecule has 0 aromatic carbocycles. The number of unbranched alkanes of at least 4 members (excludes halogenated alkanes) is 2. The smallest absolute Gasteiger partial charge is 0.204 e. The number of rotatable bonds is 5. The van der Waals surface area contributed by atoms with Gasteiger partial charge in [0, 0.05) is 6.54 Å². The highest BCUT2D eigenvalue weighted by molar-refractivity contribution is 5.69. The van der Waals surface area contributed by atoms with Crippen LogP contribution >= 0.6 is 0 Å². The van der Waals surface area contributed by atoms with Gasteiger partial charge in [-0.1, -0.05) is 25.0 Å². The first-order valence-corrected chi connectivity index (χ1v) is 5.79. The second-order valence-corrected chi connectivity index (χ2v) is 3.88. The number of fused-ring (bicyclic) bond motifs is 1. The van der Waals surface area contributed by atoms with Crippen molar-refractivity contribution < 1.29 is 5.11 Å². The van der Waals surface area contributed by atoms with E-state index in [1.54, 1.807) is 0 Å². The van der Waals surface area contributed by atoms with E-state index in [-0.39, 0.29) is 5.49 Å². The van der Waals surface area contributed by atoms with Crippen LogP contribution in [0.1, 0.15) is 26.2 Å². The summed E-state index contributed by atoms with van der Waals surface area (Å²) in [6, 6.07) is -0.409. The summed E-state index contributed by atoms with van der Waals surface area (Å²) in [6.07, 6.45) is 4.51. The van der Waals surface area contributed by atoms with Gasteiger partial charge < -0.3 is 14.7 Å². The fraction of sp³-hybridized carbons (Fsp3) is 0.500. The highest BCUT2D eigenvalue weighted by atomic mass is 16.3. The van der Waals surface area contributed by atoms with Gasteiger partial charge in [-0.05, 0) is 6.42 Å². The second-order valence-electron chi connectivity index (χ2n) is 3.88. The highest BCUT2D eigenvalue weighted by Gasteiger charge is 2.06. The average molecular weight is 248 g/mol. The van der Waals surface area contributed by atoms with E-state index in [1.807, 2.05) is 0 Å². The third-order valence-corrected chi connectivity index (χ3v) is 2.66. The third-order valence-electron chi connectivity index (χ3n) is 2.66. The van der Waals surface area contributed by atoms with E-state index in [9.17, 15) is 5.11 Å². The van der Waals surface area contributed by atoms with Crippen LogP contribution in [0.2, 0.25) is 0 Å². The molecule has 0 atom stereocenters. The molecule has 0 spiro atoms. The Kier molecular flexibility index (Phi) is 3.66. The van der Waals surface area contributed by atoms with E-state index >= 15 is 0 Å². The number of aromatic nitrogens is 4. The predicted molar refractivity (Wildman–Crippen MR) is 61.6 cm³/mol. The summed E-state index contributed by atoms with van der Waals surface area (Å²) >= 11 is 0. The van der Waals surface area contributed by atoms with E-state index in [4.69, 9.17) is 5.53 Å². The molecule has 0 saturated heterocycles. The maximum atomic E-state index is 11.9. The minimum atomic E-state index is -0.409. The zero-order valence-electron chi connectivity index (χ0n) is 10.1. The number of aryl methyl sites for hydroxylation is 1. The molecule has 8 nitrogen and oxygen atoms in total. The van der Waals surface area contributed by atoms with Crippen molar-refractivity contribution in [3.8, 4) is 6.01 Å². The first-order valence-electron chi connectivity index (χ1n) is 5.79. The van der Waals surface area contributed by atoms with Gasteiger partial charge in [0.1, 0.15) is 5.52 Å². The number of H-pyrrole nitrogens is 1. The van der Waals surface area contributed by atoms with Crippen molar-refractivity contribution in [3.05, 3.63) is 11.8 Å². The van der Waals surface area contributed by atoms with Crippen molar-refractivity contribution in [2.75, 3.05) is 0 Å². The minimum absolute atomic E-state index is 0.106. The van der Waals surface area contributed by atoms with Crippen molar-refractivity contribution in [1.29, 1.82) is 5.53 Å². The van der Waals surface area contributed by atoms with Crippen LogP contribution in [-0.4, -0.2) is 19.5 Å². The van der Waals surface area contributed by atoms with Gasteiger partial charge in [-0.2, -0.15) is 5.53 Å². The molecule has 2 aromatic heterocycles. The minimum Gasteiger partial charge on any atom is -0.846 e. The van der Waals surface area contributed by atoms with Crippen LogP contribution in [0.3, 0.4) is 0 Å². The summed E-state index contributed by atoms with van der Waals surface area (Å²) in [7, 11) is 0. The molecule has 0 aliphatic carbocycles. The molecule has 2 heterocycles. The van der Waals surface area contributed by atoms with Crippen molar-refractivity contribution >= 4 is 11.2 Å². The van der Waals surface area contributed by atoms with E-state index in [1.165, 1.54) is 10.9 Å². The van der Waals surface area contributed by atoms with Crippen LogP contribution in [-0.2, 0) is 6.54 Å². The molecule has 18 heavy (non-hydrogen) atoms. The predicted octanol–water partition coefficient (Wildman–Crippen LogP) is 0.870. The molecule has 2 rings (SSSR count). The van der Waals surface area contributed by atoms with Crippen LogP contribution < -0.4 is 10.6 Å². The Morgan fingerprint density at radius 2 is 2.33 bits per heavy atom. The monoisotopic (exact) mass is 248 g/mol. The van der Waals surface area contributed by atoms with Crippen LogP contribution in [0.15, 0.2) is 16.7 Å². The lowest BCUT2D eigenvalue weighted by Gasteiger charge is -2.16. The van der Waals surface area contributed by atoms with Crippen molar-refractivity contribution in [2.24, 2.45) is 10.3 Å². The van der Waals surface area contributed by atoms with Gasteiger partial charge in [-0.25, -0.2) is 9.97 Å². The van der Waals surface area contributed by atoms with Crippen molar-refractivity contribution in [3.63, 3.8) is 0 Å². The number of nitrogens with zero attached hydrogens (tertiary/aromatic N) is 5. The van der Waals surface area contributed by atoms with Crippen LogP contribution in [0.4, 0.5) is 0 Å². The van der Waals surface area contributed by atoms with Gasteiger partial charge in [-0.15, -0.1) is 5.10 Å². The number of aromatic amines is 1. The normalized spacial score (nSPS) is 12.2. The third kappa shape index (κ3) is 2.22. The second kappa shape index (κ2) is 5.39. The number of imidazole rings is 1. The summed E-state index contributed by atoms with van der Waals surface area (Å²) in [5.74, 6) is 0. The summed E-state index contributed by atoms with van der Waals surface area (Å²) in [5, 5.41) is 18.3. The molecule has 0 unspecified atom stereocenters. The summed E-state index contributed by atoms with van der Waals surface area (Å²) in [5.41, 5.74) is 7.85. The Bertz CT molecular complexity index is 612. The Balaban J connectivity index is 2.51. The molecule has 0 amide bonds. The molecule has 0 saturated carbocycles. The van der Waals surface area contributed by atoms with Gasteiger partial charge in [0.25, 0.3) is 0 Å². The number of hydrogen-bond acceptors (Lipinski definition) is 5. The maximum Gasteiger partial charge on any atom is 0.204 e. The Hall–Kier alpha value is -2.25. The average Bonchev–Trinajstić information content (AvgIpc) is 2.82. The van der Waals surface area contributed by atoms with Gasteiger partial charge in [0.2, 0.25) is 5.49 Å². The molecular formula is C10H14N7O-. The van der Waals surface area contributed by atoms with Gasteiger partial charge in [0.05, 0.1) is 12.3 Å². The summed E-state index contributed by atoms with van der Waals surface area (Å²) in [4.78, 5) is 10.8. The molecule has 0 radical (unpaired) electrons. The Morgan fingerprint density at radius 1 is 1.50 bits per heavy atom. The van der Waals surface area contributed by atoms with Crippen molar-refractivity contribution in [1.82, 2.24) is 19.5 Å². The lowest BCUT2D eigenvalue weighted by molar-refractivity contribution is -0.286. The lowest BCUT2D eigenvalue weighted by Crippen LogP contribution is -2.20. The number of nitrogens with one attached hydrogen (secondary N) is 2. The molecule has 2 aromatic rings. The molecule has 96 valence electrons. The molecule has 8 heteroatoms. The standard InChI is InChI=1S/C10H15N7O/c1-2-3-4-5-17-9-7(12-6-13-9)8(15-16-11)14-10(17)18/h6H,2-5H2,1H3,(H,12,13)(H2,11,14,15,18)/p-1. The van der Waals surface area contributed by atoms with Crippen LogP contribution in [0.5, 0.6) is 6.01 Å². The summed E-state index contributed by atoms with van der Waals surface area (Å²) < 4.78 is 1.52. The quantitative estimate of drug-likeness (QED) is 0.464. The molecule has 0 fully saturated rings. The fourth-order valence-electron chi connectivity index (χ4n) is 1.79. The zero-order chi connectivity index (χ0) is 13.0. The highest BCUT2D eigenvalue weighted by Crippen LogP contribution is 2.11. The fourth-order valence-corrected chi connectivity index (χ4v) is 1.79. The van der Waals surface area contributed by atoms with Gasteiger partial charge in [0.15, 0.2) is 5.65 Å². The zero-order valence-corrected chi connectivity index (χ0v) is 10.1. The molecular weight excluding hydrogens is 234 g/mol. The SMILES string of the molecule is CCCCCn1c([O-])n/c(=N\N=N)c2[nH]cnc21. The first-order chi connectivity index (χ1) is 8.77. The largest absolute Gasteiger partial charge is 0.846 e. The topological polar surface area (TPSA) is 118 Å². The molecule has 0 aliphatic rings. The molecule has 0 aliphatic heterocycles. The van der Waals surface area contributed by atoms with Gasteiger partial charge in [-0.3, -0.25) is 0 Å².